The molecule has 0 bridgehead atoms. The van der Waals surface area contributed by atoms with Gasteiger partial charge in [-0.1, -0.05) is 18.2 Å². The quantitative estimate of drug-likeness (QED) is 0.207. The van der Waals surface area contributed by atoms with E-state index >= 15 is 0 Å². The lowest BCUT2D eigenvalue weighted by atomic mass is 9.88. The van der Waals surface area contributed by atoms with Gasteiger partial charge in [-0.2, -0.15) is 0 Å². The van der Waals surface area contributed by atoms with Crippen LogP contribution in [-0.4, -0.2) is 36.5 Å². The first-order chi connectivity index (χ1) is 17.8. The summed E-state index contributed by atoms with van der Waals surface area (Å²) in [4.78, 5) is 23.9. The summed E-state index contributed by atoms with van der Waals surface area (Å²) >= 11 is 0. The SMILES string of the molecule is CN(C)c1c(C(=O)CCC[C@H]2CCOc3ccccc32)cnc2c(-c3cc(F)c(F)c(F)c3)nccc12. The maximum Gasteiger partial charge on any atom is 0.194 e. The molecule has 190 valence electrons. The van der Waals surface area contributed by atoms with E-state index in [1.54, 1.807) is 6.07 Å². The largest absolute Gasteiger partial charge is 0.493 e. The third-order valence-corrected chi connectivity index (χ3v) is 6.80. The Morgan fingerprint density at radius 1 is 1.08 bits per heavy atom. The average Bonchev–Trinajstić information content (AvgIpc) is 2.90. The second-order valence-electron chi connectivity index (χ2n) is 9.41. The third-order valence-electron chi connectivity index (χ3n) is 6.80. The van der Waals surface area contributed by atoms with Crippen LogP contribution < -0.4 is 9.64 Å². The van der Waals surface area contributed by atoms with Crippen LogP contribution in [0.2, 0.25) is 0 Å². The van der Waals surface area contributed by atoms with Crippen molar-refractivity contribution in [2.45, 2.75) is 31.6 Å². The molecule has 1 aliphatic rings. The number of hydrogen-bond acceptors (Lipinski definition) is 5. The Kier molecular flexibility index (Phi) is 6.82. The number of benzene rings is 2. The van der Waals surface area contributed by atoms with E-state index in [9.17, 15) is 18.0 Å². The minimum Gasteiger partial charge on any atom is -0.493 e. The normalized spacial score (nSPS) is 14.8. The lowest BCUT2D eigenvalue weighted by Crippen LogP contribution is -2.16. The predicted octanol–water partition coefficient (Wildman–Crippen LogP) is 6.70. The van der Waals surface area contributed by atoms with E-state index in [0.717, 1.165) is 37.1 Å². The number of ketones is 1. The molecule has 1 aliphatic heterocycles. The summed E-state index contributed by atoms with van der Waals surface area (Å²) in [5.41, 5.74) is 2.95. The lowest BCUT2D eigenvalue weighted by Gasteiger charge is -2.25. The summed E-state index contributed by atoms with van der Waals surface area (Å²) in [6.07, 6.45) is 5.86. The summed E-state index contributed by atoms with van der Waals surface area (Å²) in [6, 6.07) is 11.5. The number of Topliss-reactive ketones (excluding diaryl/α,β-unsaturated/α-hetero) is 1. The van der Waals surface area contributed by atoms with Crippen LogP contribution in [0.4, 0.5) is 18.9 Å². The highest BCUT2D eigenvalue weighted by molar-refractivity contribution is 6.10. The number of pyridine rings is 2. The van der Waals surface area contributed by atoms with Crippen molar-refractivity contribution in [1.82, 2.24) is 9.97 Å². The fourth-order valence-corrected chi connectivity index (χ4v) is 5.06. The van der Waals surface area contributed by atoms with Crippen molar-refractivity contribution in [1.29, 1.82) is 0 Å². The summed E-state index contributed by atoms with van der Waals surface area (Å²) in [5.74, 6) is -2.91. The predicted molar refractivity (Wildman–Crippen MR) is 137 cm³/mol. The maximum atomic E-state index is 13.9. The van der Waals surface area contributed by atoms with Gasteiger partial charge in [-0.15, -0.1) is 0 Å². The second-order valence-corrected chi connectivity index (χ2v) is 9.41. The van der Waals surface area contributed by atoms with Gasteiger partial charge in [0, 0.05) is 43.9 Å². The van der Waals surface area contributed by atoms with E-state index in [2.05, 4.69) is 16.0 Å². The van der Waals surface area contributed by atoms with Crippen LogP contribution in [0.3, 0.4) is 0 Å². The smallest absolute Gasteiger partial charge is 0.194 e. The minimum absolute atomic E-state index is 0.0318. The Bertz CT molecular complexity index is 1470. The molecule has 1 atom stereocenters. The molecule has 37 heavy (non-hydrogen) atoms. The van der Waals surface area contributed by atoms with Gasteiger partial charge >= 0.3 is 0 Å². The van der Waals surface area contributed by atoms with Crippen molar-refractivity contribution in [3.05, 3.63) is 83.4 Å². The molecule has 2 aromatic heterocycles. The Balaban J connectivity index is 1.42. The number of aromatic nitrogens is 2. The molecule has 0 fully saturated rings. The fraction of sp³-hybridized carbons (Fsp3) is 0.276. The number of carbonyl (C=O) groups excluding carboxylic acids is 1. The average molecular weight is 506 g/mol. The highest BCUT2D eigenvalue weighted by atomic mass is 19.2. The van der Waals surface area contributed by atoms with Crippen LogP contribution in [0.25, 0.3) is 22.2 Å². The van der Waals surface area contributed by atoms with Gasteiger partial charge in [0.15, 0.2) is 23.2 Å². The molecule has 8 heteroatoms. The summed E-state index contributed by atoms with van der Waals surface area (Å²) < 4.78 is 47.1. The van der Waals surface area contributed by atoms with Gasteiger partial charge in [0.1, 0.15) is 5.75 Å². The van der Waals surface area contributed by atoms with E-state index in [4.69, 9.17) is 4.74 Å². The molecule has 0 spiro atoms. The van der Waals surface area contributed by atoms with Crippen molar-refractivity contribution in [2.75, 3.05) is 25.6 Å². The minimum atomic E-state index is -1.54. The molecular formula is C29H26F3N3O2. The number of ether oxygens (including phenoxy) is 1. The molecule has 2 aromatic carbocycles. The van der Waals surface area contributed by atoms with Crippen LogP contribution in [-0.2, 0) is 0 Å². The Morgan fingerprint density at radius 2 is 1.84 bits per heavy atom. The van der Waals surface area contributed by atoms with Gasteiger partial charge in [0.05, 0.1) is 29.1 Å². The molecule has 0 amide bonds. The van der Waals surface area contributed by atoms with Crippen molar-refractivity contribution < 1.29 is 22.7 Å². The number of para-hydroxylation sites is 1. The number of hydrogen-bond donors (Lipinski definition) is 0. The molecule has 0 saturated heterocycles. The van der Waals surface area contributed by atoms with Crippen LogP contribution in [0.15, 0.2) is 54.9 Å². The van der Waals surface area contributed by atoms with Crippen LogP contribution in [0.1, 0.15) is 47.5 Å². The molecule has 0 unspecified atom stereocenters. The zero-order chi connectivity index (χ0) is 26.1. The Morgan fingerprint density at radius 3 is 2.59 bits per heavy atom. The molecule has 4 aromatic rings. The number of fused-ring (bicyclic) bond motifs is 2. The number of anilines is 1. The summed E-state index contributed by atoms with van der Waals surface area (Å²) in [6.45, 7) is 0.674. The lowest BCUT2D eigenvalue weighted by molar-refractivity contribution is 0.0978. The molecule has 5 rings (SSSR count). The molecule has 0 saturated carbocycles. The number of halogens is 3. The van der Waals surface area contributed by atoms with E-state index in [0.29, 0.717) is 41.1 Å². The van der Waals surface area contributed by atoms with Crippen LogP contribution in [0, 0.1) is 17.5 Å². The first-order valence-electron chi connectivity index (χ1n) is 12.2. The molecule has 0 N–H and O–H groups in total. The summed E-state index contributed by atoms with van der Waals surface area (Å²) in [7, 11) is 3.64. The first kappa shape index (κ1) is 24.7. The van der Waals surface area contributed by atoms with Crippen molar-refractivity contribution >= 4 is 22.4 Å². The molecular weight excluding hydrogens is 479 g/mol. The fourth-order valence-electron chi connectivity index (χ4n) is 5.06. The molecule has 3 heterocycles. The van der Waals surface area contributed by atoms with Crippen LogP contribution >= 0.6 is 0 Å². The van der Waals surface area contributed by atoms with Gasteiger partial charge in [-0.05, 0) is 55.0 Å². The van der Waals surface area contributed by atoms with E-state index < -0.39 is 17.5 Å². The maximum absolute atomic E-state index is 13.9. The topological polar surface area (TPSA) is 55.3 Å². The Hall–Kier alpha value is -3.94. The van der Waals surface area contributed by atoms with Gasteiger partial charge in [0.25, 0.3) is 0 Å². The van der Waals surface area contributed by atoms with Crippen molar-refractivity contribution in [3.8, 4) is 17.0 Å². The number of rotatable bonds is 7. The van der Waals surface area contributed by atoms with Crippen LogP contribution in [0.5, 0.6) is 5.75 Å². The van der Waals surface area contributed by atoms with Gasteiger partial charge < -0.3 is 9.64 Å². The highest BCUT2D eigenvalue weighted by Gasteiger charge is 2.23. The van der Waals surface area contributed by atoms with Gasteiger partial charge in [-0.3, -0.25) is 14.8 Å². The number of carbonyl (C=O) groups is 1. The zero-order valence-electron chi connectivity index (χ0n) is 20.6. The third kappa shape index (κ3) is 4.75. The molecule has 5 nitrogen and oxygen atoms in total. The van der Waals surface area contributed by atoms with Crippen molar-refractivity contribution in [2.24, 2.45) is 0 Å². The monoisotopic (exact) mass is 505 g/mol. The van der Waals surface area contributed by atoms with Gasteiger partial charge in [-0.25, -0.2) is 13.2 Å². The van der Waals surface area contributed by atoms with E-state index in [-0.39, 0.29) is 17.0 Å². The molecule has 0 aliphatic carbocycles. The molecule has 0 radical (unpaired) electrons. The summed E-state index contributed by atoms with van der Waals surface area (Å²) in [5, 5.41) is 0.615. The number of nitrogens with zero attached hydrogens (tertiary/aromatic N) is 3. The standard InChI is InChI=1S/C29H26F3N3O2/c1-35(2)29-20-10-12-33-27(18-14-22(30)26(32)23(31)15-18)28(20)34-16-21(29)24(36)8-5-6-17-11-13-37-25-9-4-3-7-19(17)25/h3-4,7,9-10,12,14-17H,5-6,8,11,13H2,1-2H3/t17-/m0/s1. The second kappa shape index (κ2) is 10.2. The Labute approximate surface area is 212 Å². The zero-order valence-corrected chi connectivity index (χ0v) is 20.6. The van der Waals surface area contributed by atoms with E-state index in [1.165, 1.54) is 18.0 Å². The first-order valence-corrected chi connectivity index (χ1v) is 12.2. The van der Waals surface area contributed by atoms with E-state index in [1.807, 2.05) is 37.2 Å². The van der Waals surface area contributed by atoms with Gasteiger partial charge in [0.2, 0.25) is 0 Å². The highest BCUT2D eigenvalue weighted by Crippen LogP contribution is 2.38. The van der Waals surface area contributed by atoms with Crippen molar-refractivity contribution in [3.63, 3.8) is 0 Å².